The largest absolute Gasteiger partial charge is 0.366 e. The second kappa shape index (κ2) is 9.09. The third-order valence-electron chi connectivity index (χ3n) is 6.32. The highest BCUT2D eigenvalue weighted by molar-refractivity contribution is 6.45. The number of benzene rings is 2. The van der Waals surface area contributed by atoms with E-state index in [0.717, 1.165) is 44.3 Å². The van der Waals surface area contributed by atoms with Gasteiger partial charge in [0.1, 0.15) is 5.70 Å². The molecule has 0 aromatic heterocycles. The van der Waals surface area contributed by atoms with Gasteiger partial charge in [0.05, 0.1) is 11.3 Å². The van der Waals surface area contributed by atoms with Gasteiger partial charge >= 0.3 is 0 Å². The van der Waals surface area contributed by atoms with Crippen molar-refractivity contribution in [3.63, 3.8) is 0 Å². The Kier molecular flexibility index (Phi) is 6.26. The number of carbonyl (C=O) groups excluding carboxylic acids is 2. The van der Waals surface area contributed by atoms with E-state index in [9.17, 15) is 9.59 Å². The average molecular weight is 417 g/mol. The molecule has 0 saturated carbocycles. The first-order valence-corrected chi connectivity index (χ1v) is 11.5. The van der Waals surface area contributed by atoms with Crippen LogP contribution < -0.4 is 4.90 Å². The van der Waals surface area contributed by atoms with E-state index in [0.29, 0.717) is 28.8 Å². The molecular formula is C27H32N2O2. The van der Waals surface area contributed by atoms with Crippen LogP contribution in [0.1, 0.15) is 51.2 Å². The van der Waals surface area contributed by atoms with Crippen LogP contribution in [0.15, 0.2) is 60.3 Å². The first-order chi connectivity index (χ1) is 15.0. The summed E-state index contributed by atoms with van der Waals surface area (Å²) in [4.78, 5) is 30.8. The van der Waals surface area contributed by atoms with Gasteiger partial charge in [0, 0.05) is 13.1 Å². The fourth-order valence-corrected chi connectivity index (χ4v) is 4.95. The van der Waals surface area contributed by atoms with Crippen LogP contribution in [0.5, 0.6) is 0 Å². The van der Waals surface area contributed by atoms with Gasteiger partial charge in [-0.15, -0.1) is 0 Å². The molecule has 2 aromatic rings. The molecule has 4 rings (SSSR count). The molecule has 2 unspecified atom stereocenters. The lowest BCUT2D eigenvalue weighted by Crippen LogP contribution is -2.42. The lowest BCUT2D eigenvalue weighted by Gasteiger charge is -2.37. The number of rotatable bonds is 6. The number of piperidine rings is 1. The third kappa shape index (κ3) is 4.30. The predicted octanol–water partition coefficient (Wildman–Crippen LogP) is 5.29. The summed E-state index contributed by atoms with van der Waals surface area (Å²) in [5.74, 6) is 0.552. The molecule has 1 fully saturated rings. The normalized spacial score (nSPS) is 21.9. The molecule has 0 bridgehead atoms. The molecule has 31 heavy (non-hydrogen) atoms. The molecule has 1 saturated heterocycles. The molecule has 2 aliphatic heterocycles. The first kappa shape index (κ1) is 21.4. The van der Waals surface area contributed by atoms with E-state index in [2.05, 4.69) is 25.7 Å². The van der Waals surface area contributed by atoms with E-state index in [4.69, 9.17) is 0 Å². The minimum atomic E-state index is -0.224. The summed E-state index contributed by atoms with van der Waals surface area (Å²) in [6.07, 6.45) is 4.44. The molecule has 2 amide bonds. The number of unbranched alkanes of at least 4 members (excludes halogenated alkanes) is 1. The molecule has 2 aliphatic rings. The Morgan fingerprint density at radius 1 is 0.871 bits per heavy atom. The molecule has 4 nitrogen and oxygen atoms in total. The summed E-state index contributed by atoms with van der Waals surface area (Å²) in [5.41, 5.74) is 3.78. The van der Waals surface area contributed by atoms with Crippen molar-refractivity contribution in [2.45, 2.75) is 46.5 Å². The van der Waals surface area contributed by atoms with Crippen LogP contribution in [-0.2, 0) is 16.0 Å². The molecule has 2 heterocycles. The number of imide groups is 1. The Morgan fingerprint density at radius 2 is 1.52 bits per heavy atom. The minimum Gasteiger partial charge on any atom is -0.366 e. The van der Waals surface area contributed by atoms with Crippen molar-refractivity contribution in [2.24, 2.45) is 11.8 Å². The average Bonchev–Trinajstić information content (AvgIpc) is 3.02. The van der Waals surface area contributed by atoms with Crippen LogP contribution in [0, 0.1) is 11.8 Å². The van der Waals surface area contributed by atoms with Crippen LogP contribution in [0.3, 0.4) is 0 Å². The molecule has 0 radical (unpaired) electrons. The molecule has 162 valence electrons. The Morgan fingerprint density at radius 3 is 2.13 bits per heavy atom. The zero-order chi connectivity index (χ0) is 22.0. The minimum absolute atomic E-state index is 0.202. The van der Waals surface area contributed by atoms with Crippen LogP contribution in [0.4, 0.5) is 5.69 Å². The molecule has 2 atom stereocenters. The predicted molar refractivity (Wildman–Crippen MR) is 125 cm³/mol. The van der Waals surface area contributed by atoms with Crippen molar-refractivity contribution < 1.29 is 9.59 Å². The van der Waals surface area contributed by atoms with Gasteiger partial charge in [-0.1, -0.05) is 69.7 Å². The van der Waals surface area contributed by atoms with E-state index in [1.54, 1.807) is 0 Å². The number of aryl methyl sites for hydroxylation is 1. The molecule has 0 aliphatic carbocycles. The summed E-state index contributed by atoms with van der Waals surface area (Å²) < 4.78 is 0. The van der Waals surface area contributed by atoms with Gasteiger partial charge in [0.25, 0.3) is 11.8 Å². The molecule has 0 N–H and O–H groups in total. The maximum Gasteiger partial charge on any atom is 0.282 e. The number of hydrogen-bond acceptors (Lipinski definition) is 3. The lowest BCUT2D eigenvalue weighted by molar-refractivity contribution is -0.120. The highest BCUT2D eigenvalue weighted by atomic mass is 16.2. The first-order valence-electron chi connectivity index (χ1n) is 11.5. The second-order valence-corrected chi connectivity index (χ2v) is 9.16. The molecule has 4 heteroatoms. The second-order valence-electron chi connectivity index (χ2n) is 9.16. The number of anilines is 1. The smallest absolute Gasteiger partial charge is 0.282 e. The number of hydrogen-bond donors (Lipinski definition) is 0. The zero-order valence-electron chi connectivity index (χ0n) is 18.8. The molecule has 0 spiro atoms. The standard InChI is InChI=1S/C27H32N2O2/c1-4-5-9-21-12-14-23(15-13-21)29-26(30)24(22-10-7-6-8-11-22)25(27(29)31)28-17-19(2)16-20(3)18-28/h6-8,10-15,19-20H,4-5,9,16-18H2,1-3H3. The number of nitrogens with zero attached hydrogens (tertiary/aromatic N) is 2. The Hall–Kier alpha value is -2.88. The maximum atomic E-state index is 13.7. The van der Waals surface area contributed by atoms with Crippen LogP contribution >= 0.6 is 0 Å². The van der Waals surface area contributed by atoms with E-state index in [1.807, 2.05) is 54.6 Å². The summed E-state index contributed by atoms with van der Waals surface area (Å²) in [5, 5.41) is 0. The quantitative estimate of drug-likeness (QED) is 0.601. The van der Waals surface area contributed by atoms with Crippen molar-refractivity contribution in [3.05, 3.63) is 71.4 Å². The fraction of sp³-hybridized carbons (Fsp3) is 0.407. The third-order valence-corrected chi connectivity index (χ3v) is 6.32. The van der Waals surface area contributed by atoms with Gasteiger partial charge in [0.15, 0.2) is 0 Å². The number of amides is 2. The fourth-order valence-electron chi connectivity index (χ4n) is 4.95. The zero-order valence-corrected chi connectivity index (χ0v) is 18.8. The molecular weight excluding hydrogens is 384 g/mol. The van der Waals surface area contributed by atoms with Gasteiger partial charge in [-0.25, -0.2) is 4.90 Å². The van der Waals surface area contributed by atoms with Crippen molar-refractivity contribution in [3.8, 4) is 0 Å². The Labute approximate surface area is 185 Å². The van der Waals surface area contributed by atoms with Crippen molar-refractivity contribution in [2.75, 3.05) is 18.0 Å². The van der Waals surface area contributed by atoms with Gasteiger partial charge in [-0.2, -0.15) is 0 Å². The lowest BCUT2D eigenvalue weighted by atomic mass is 9.91. The van der Waals surface area contributed by atoms with Gasteiger partial charge in [0.2, 0.25) is 0 Å². The summed E-state index contributed by atoms with van der Waals surface area (Å²) >= 11 is 0. The topological polar surface area (TPSA) is 40.6 Å². The van der Waals surface area contributed by atoms with Crippen LogP contribution in [0.25, 0.3) is 5.57 Å². The van der Waals surface area contributed by atoms with E-state index in [1.165, 1.54) is 10.5 Å². The van der Waals surface area contributed by atoms with Crippen LogP contribution in [-0.4, -0.2) is 29.8 Å². The molecule has 2 aromatic carbocycles. The summed E-state index contributed by atoms with van der Waals surface area (Å²) in [6, 6.07) is 17.5. The summed E-state index contributed by atoms with van der Waals surface area (Å²) in [7, 11) is 0. The number of carbonyl (C=O) groups is 2. The maximum absolute atomic E-state index is 13.7. The van der Waals surface area contributed by atoms with E-state index < -0.39 is 0 Å². The SMILES string of the molecule is CCCCc1ccc(N2C(=O)C(c3ccccc3)=C(N3CC(C)CC(C)C3)C2=O)cc1. The summed E-state index contributed by atoms with van der Waals surface area (Å²) in [6.45, 7) is 8.23. The van der Waals surface area contributed by atoms with E-state index in [-0.39, 0.29) is 11.8 Å². The highest BCUT2D eigenvalue weighted by Crippen LogP contribution is 2.37. The van der Waals surface area contributed by atoms with Crippen molar-refractivity contribution in [1.82, 2.24) is 4.90 Å². The van der Waals surface area contributed by atoms with Gasteiger partial charge in [-0.05, 0) is 54.4 Å². The Bertz CT molecular complexity index is 968. The number of likely N-dealkylation sites (tertiary alicyclic amines) is 1. The van der Waals surface area contributed by atoms with Crippen molar-refractivity contribution >= 4 is 23.1 Å². The van der Waals surface area contributed by atoms with Gasteiger partial charge in [-0.3, -0.25) is 9.59 Å². The van der Waals surface area contributed by atoms with Crippen LogP contribution in [0.2, 0.25) is 0 Å². The Balaban J connectivity index is 1.72. The van der Waals surface area contributed by atoms with Crippen molar-refractivity contribution in [1.29, 1.82) is 0 Å². The van der Waals surface area contributed by atoms with E-state index >= 15 is 0 Å². The highest BCUT2D eigenvalue weighted by Gasteiger charge is 2.43. The monoisotopic (exact) mass is 416 g/mol. The van der Waals surface area contributed by atoms with Gasteiger partial charge < -0.3 is 4.90 Å².